The molecule has 4 nitrogen and oxygen atoms in total. The fourth-order valence-corrected chi connectivity index (χ4v) is 2.27. The van der Waals surface area contributed by atoms with Gasteiger partial charge in [0.15, 0.2) is 0 Å². The smallest absolute Gasteiger partial charge is 0.222 e. The van der Waals surface area contributed by atoms with Crippen LogP contribution in [0.3, 0.4) is 0 Å². The van der Waals surface area contributed by atoms with Gasteiger partial charge in [0, 0.05) is 19.2 Å². The van der Waals surface area contributed by atoms with Crippen LogP contribution < -0.4 is 11.1 Å². The summed E-state index contributed by atoms with van der Waals surface area (Å²) in [6.45, 7) is 7.07. The summed E-state index contributed by atoms with van der Waals surface area (Å²) in [6.07, 6.45) is 1.21. The zero-order chi connectivity index (χ0) is 13.1. The largest absolute Gasteiger partial charge is 0.377 e. The molecule has 2 unspecified atom stereocenters. The van der Waals surface area contributed by atoms with Crippen molar-refractivity contribution >= 4 is 17.7 Å². The van der Waals surface area contributed by atoms with Gasteiger partial charge in [-0.1, -0.05) is 6.92 Å². The van der Waals surface area contributed by atoms with E-state index >= 15 is 0 Å². The highest BCUT2D eigenvalue weighted by atomic mass is 32.2. The van der Waals surface area contributed by atoms with E-state index in [0.29, 0.717) is 19.6 Å². The van der Waals surface area contributed by atoms with E-state index in [1.165, 1.54) is 0 Å². The molecule has 1 amide bonds. The van der Waals surface area contributed by atoms with E-state index < -0.39 is 0 Å². The molecule has 17 heavy (non-hydrogen) atoms. The molecule has 2 atom stereocenters. The zero-order valence-electron chi connectivity index (χ0n) is 11.2. The summed E-state index contributed by atoms with van der Waals surface area (Å²) < 4.78 is 5.35. The van der Waals surface area contributed by atoms with Gasteiger partial charge in [-0.3, -0.25) is 4.79 Å². The van der Waals surface area contributed by atoms with Crippen molar-refractivity contribution in [3.05, 3.63) is 0 Å². The van der Waals surface area contributed by atoms with Crippen molar-refractivity contribution in [3.8, 4) is 0 Å². The van der Waals surface area contributed by atoms with Crippen LogP contribution in [0.2, 0.25) is 0 Å². The minimum Gasteiger partial charge on any atom is -0.377 e. The summed E-state index contributed by atoms with van der Waals surface area (Å²) in [6, 6.07) is 0.224. The van der Waals surface area contributed by atoms with Crippen LogP contribution in [0.15, 0.2) is 0 Å². The first-order chi connectivity index (χ1) is 8.13. The Hall–Kier alpha value is -0.260. The fourth-order valence-electron chi connectivity index (χ4n) is 1.46. The first kappa shape index (κ1) is 16.7. The van der Waals surface area contributed by atoms with E-state index in [1.54, 1.807) is 0 Å². The van der Waals surface area contributed by atoms with Crippen molar-refractivity contribution in [2.24, 2.45) is 5.73 Å². The maximum absolute atomic E-state index is 11.7. The molecule has 0 bridgehead atoms. The van der Waals surface area contributed by atoms with Gasteiger partial charge in [0.25, 0.3) is 0 Å². The van der Waals surface area contributed by atoms with E-state index in [2.05, 4.69) is 12.2 Å². The highest BCUT2D eigenvalue weighted by Crippen LogP contribution is 2.04. The van der Waals surface area contributed by atoms with Crippen molar-refractivity contribution in [1.29, 1.82) is 0 Å². The molecule has 0 aromatic heterocycles. The molecule has 3 N–H and O–H groups in total. The van der Waals surface area contributed by atoms with E-state index in [9.17, 15) is 4.79 Å². The Balaban J connectivity index is 3.75. The molecule has 0 radical (unpaired) electrons. The van der Waals surface area contributed by atoms with Crippen molar-refractivity contribution in [3.63, 3.8) is 0 Å². The van der Waals surface area contributed by atoms with Crippen LogP contribution >= 0.6 is 11.8 Å². The average Bonchev–Trinajstić information content (AvgIpc) is 2.28. The lowest BCUT2D eigenvalue weighted by Gasteiger charge is -2.17. The van der Waals surface area contributed by atoms with Crippen molar-refractivity contribution in [2.75, 3.05) is 24.7 Å². The van der Waals surface area contributed by atoms with Crippen LogP contribution in [0.25, 0.3) is 0 Å². The van der Waals surface area contributed by atoms with Gasteiger partial charge in [-0.2, -0.15) is 11.8 Å². The van der Waals surface area contributed by atoms with E-state index in [-0.39, 0.29) is 18.1 Å². The van der Waals surface area contributed by atoms with Gasteiger partial charge < -0.3 is 15.8 Å². The number of nitrogens with two attached hydrogens (primary N) is 1. The molecule has 0 aliphatic carbocycles. The third-order valence-corrected chi connectivity index (χ3v) is 3.32. The van der Waals surface area contributed by atoms with Gasteiger partial charge in [-0.15, -0.1) is 0 Å². The topological polar surface area (TPSA) is 64.3 Å². The first-order valence-corrected chi connectivity index (χ1v) is 7.48. The number of carbonyl (C=O) groups excluding carboxylic acids is 1. The molecule has 0 rings (SSSR count). The Morgan fingerprint density at radius 3 is 2.71 bits per heavy atom. The third-order valence-electron chi connectivity index (χ3n) is 2.39. The zero-order valence-corrected chi connectivity index (χ0v) is 12.0. The highest BCUT2D eigenvalue weighted by molar-refractivity contribution is 7.99. The number of hydrogen-bond donors (Lipinski definition) is 2. The number of ether oxygens (including phenoxy) is 1. The molecule has 0 aliphatic heterocycles. The summed E-state index contributed by atoms with van der Waals surface area (Å²) in [7, 11) is 0. The van der Waals surface area contributed by atoms with Gasteiger partial charge in [-0.05, 0) is 31.8 Å². The molecule has 0 aromatic rings. The van der Waals surface area contributed by atoms with Crippen LogP contribution in [-0.4, -0.2) is 42.7 Å². The molecule has 0 fully saturated rings. The monoisotopic (exact) mass is 262 g/mol. The van der Waals surface area contributed by atoms with Gasteiger partial charge in [0.2, 0.25) is 5.91 Å². The average molecular weight is 262 g/mol. The second kappa shape index (κ2) is 10.9. The highest BCUT2D eigenvalue weighted by Gasteiger charge is 2.13. The van der Waals surface area contributed by atoms with E-state index in [4.69, 9.17) is 10.5 Å². The van der Waals surface area contributed by atoms with Gasteiger partial charge >= 0.3 is 0 Å². The second-order valence-electron chi connectivity index (χ2n) is 3.97. The summed E-state index contributed by atoms with van der Waals surface area (Å²) in [5.74, 6) is 2.24. The molecule has 102 valence electrons. The first-order valence-electron chi connectivity index (χ1n) is 6.32. The lowest BCUT2D eigenvalue weighted by Crippen LogP contribution is -2.37. The van der Waals surface area contributed by atoms with Crippen molar-refractivity contribution in [2.45, 2.75) is 45.8 Å². The fraction of sp³-hybridized carbons (Fsp3) is 0.917. The lowest BCUT2D eigenvalue weighted by molar-refractivity contribution is -0.124. The van der Waals surface area contributed by atoms with Crippen LogP contribution in [0, 0.1) is 0 Å². The van der Waals surface area contributed by atoms with E-state index in [1.807, 2.05) is 25.6 Å². The third kappa shape index (κ3) is 9.44. The quantitative estimate of drug-likeness (QED) is 0.584. The van der Waals surface area contributed by atoms with Crippen LogP contribution in [0.4, 0.5) is 0 Å². The Morgan fingerprint density at radius 2 is 2.18 bits per heavy atom. The van der Waals surface area contributed by atoms with Crippen LogP contribution in [0.1, 0.15) is 33.6 Å². The molecule has 5 heteroatoms. The second-order valence-corrected chi connectivity index (χ2v) is 5.37. The van der Waals surface area contributed by atoms with Crippen LogP contribution in [0.5, 0.6) is 0 Å². The number of hydrogen-bond acceptors (Lipinski definition) is 4. The molecular weight excluding hydrogens is 236 g/mol. The molecular formula is C12H26N2O2S. The van der Waals surface area contributed by atoms with Crippen LogP contribution in [-0.2, 0) is 9.53 Å². The van der Waals surface area contributed by atoms with Gasteiger partial charge in [-0.25, -0.2) is 0 Å². The van der Waals surface area contributed by atoms with E-state index in [0.717, 1.165) is 17.9 Å². The number of rotatable bonds is 10. The summed E-state index contributed by atoms with van der Waals surface area (Å²) in [5, 5.41) is 2.97. The Labute approximate surface area is 109 Å². The number of carbonyl (C=O) groups is 1. The standard InChI is InChI=1S/C12H26N2O2S/c1-4-16-11(9-13)8-12(15)14-10(3)6-7-17-5-2/h10-11H,4-9,13H2,1-3H3,(H,14,15). The number of thioether (sulfide) groups is 1. The maximum Gasteiger partial charge on any atom is 0.222 e. The molecule has 0 saturated carbocycles. The predicted octanol–water partition coefficient (Wildman–Crippen LogP) is 1.39. The Bertz CT molecular complexity index is 203. The summed E-state index contributed by atoms with van der Waals surface area (Å²) in [4.78, 5) is 11.7. The van der Waals surface area contributed by atoms with Crippen molar-refractivity contribution < 1.29 is 9.53 Å². The lowest BCUT2D eigenvalue weighted by atomic mass is 10.2. The normalized spacial score (nSPS) is 14.4. The molecule has 0 heterocycles. The molecule has 0 spiro atoms. The Kier molecular flexibility index (Phi) is 10.7. The van der Waals surface area contributed by atoms with Gasteiger partial charge in [0.1, 0.15) is 0 Å². The summed E-state index contributed by atoms with van der Waals surface area (Å²) in [5.41, 5.74) is 5.53. The Morgan fingerprint density at radius 1 is 1.47 bits per heavy atom. The number of nitrogens with one attached hydrogen (secondary N) is 1. The maximum atomic E-state index is 11.7. The minimum atomic E-state index is -0.155. The molecule has 0 aliphatic rings. The SMILES string of the molecule is CCOC(CN)CC(=O)NC(C)CCSCC. The molecule has 0 saturated heterocycles. The summed E-state index contributed by atoms with van der Waals surface area (Å²) >= 11 is 1.89. The predicted molar refractivity (Wildman–Crippen MR) is 74.3 cm³/mol. The minimum absolute atomic E-state index is 0.0305. The number of amides is 1. The van der Waals surface area contributed by atoms with Crippen molar-refractivity contribution in [1.82, 2.24) is 5.32 Å². The van der Waals surface area contributed by atoms with Gasteiger partial charge in [0.05, 0.1) is 12.5 Å². The molecule has 0 aromatic carbocycles.